The number of methoxy groups -OCH3 is 1. The summed E-state index contributed by atoms with van der Waals surface area (Å²) in [5.41, 5.74) is 12.5. The molecule has 234 valence electrons. The van der Waals surface area contributed by atoms with E-state index in [0.29, 0.717) is 22.5 Å². The first-order chi connectivity index (χ1) is 20.4. The number of carbonyl (C=O) groups is 2. The highest BCUT2D eigenvalue weighted by atomic mass is 35.5. The van der Waals surface area contributed by atoms with Gasteiger partial charge in [-0.2, -0.15) is 4.99 Å². The molecule has 4 aromatic rings. The summed E-state index contributed by atoms with van der Waals surface area (Å²) >= 11 is 12.5. The topological polar surface area (TPSA) is 186 Å². The molecule has 2 heterocycles. The average Bonchev–Trinajstić information content (AvgIpc) is 3.62. The van der Waals surface area contributed by atoms with Crippen molar-refractivity contribution in [3.63, 3.8) is 0 Å². The van der Waals surface area contributed by atoms with Gasteiger partial charge in [0.15, 0.2) is 25.6 Å². The van der Waals surface area contributed by atoms with E-state index in [0.717, 1.165) is 12.5 Å². The van der Waals surface area contributed by atoms with Crippen LogP contribution in [0.2, 0.25) is 10.0 Å². The Morgan fingerprint density at radius 3 is 1.45 bits per heavy atom. The number of aliphatic imine (C=N–C) groups is 1. The van der Waals surface area contributed by atoms with Crippen LogP contribution in [0.4, 0.5) is 0 Å². The molecule has 4 rings (SSSR count). The van der Waals surface area contributed by atoms with Gasteiger partial charge in [-0.05, 0) is 61.4 Å². The van der Waals surface area contributed by atoms with Crippen LogP contribution in [0.5, 0.6) is 0 Å². The molecule has 0 aliphatic carbocycles. The Kier molecular flexibility index (Phi) is 10.4. The Hall–Kier alpha value is -4.11. The Labute approximate surface area is 264 Å². The maximum atomic E-state index is 12.2. The quantitative estimate of drug-likeness (QED) is 0.173. The number of ether oxygens (including phenoxy) is 1. The summed E-state index contributed by atoms with van der Waals surface area (Å²) in [6.07, 6.45) is 8.88. The van der Waals surface area contributed by atoms with Crippen molar-refractivity contribution in [2.75, 3.05) is 19.6 Å². The van der Waals surface area contributed by atoms with Crippen LogP contribution in [0.3, 0.4) is 0 Å². The van der Waals surface area contributed by atoms with Crippen molar-refractivity contribution >= 4 is 60.7 Å². The summed E-state index contributed by atoms with van der Waals surface area (Å²) in [5, 5.41) is 0.112. The zero-order valence-electron chi connectivity index (χ0n) is 24.2. The van der Waals surface area contributed by atoms with Gasteiger partial charge in [-0.15, -0.1) is 0 Å². The first kappa shape index (κ1) is 34.4. The van der Waals surface area contributed by atoms with Crippen molar-refractivity contribution in [1.82, 2.24) is 9.13 Å². The maximum absolute atomic E-state index is 12.2. The van der Waals surface area contributed by atoms with Crippen molar-refractivity contribution in [3.05, 3.63) is 93.5 Å². The molecule has 0 aliphatic heterocycles. The monoisotopic (exact) mass is 681 g/mol. The predicted molar refractivity (Wildman–Crippen MR) is 169 cm³/mol. The number of guanidine groups is 1. The lowest BCUT2D eigenvalue weighted by molar-refractivity contribution is 0.0599. The average molecular weight is 683 g/mol. The second kappa shape index (κ2) is 13.3. The number of halogens is 2. The first-order valence-electron chi connectivity index (χ1n) is 12.4. The summed E-state index contributed by atoms with van der Waals surface area (Å²) in [5.74, 6) is -1.76. The van der Waals surface area contributed by atoms with Gasteiger partial charge in [0.05, 0.1) is 43.9 Å². The molecule has 0 fully saturated rings. The molecule has 2 aromatic heterocycles. The fourth-order valence-corrected chi connectivity index (χ4v) is 7.20. The smallest absolute Gasteiger partial charge is 0.338 e. The minimum atomic E-state index is -3.66. The number of esters is 1. The lowest BCUT2D eigenvalue weighted by Crippen LogP contribution is -2.24. The van der Waals surface area contributed by atoms with E-state index in [-0.39, 0.29) is 31.0 Å². The van der Waals surface area contributed by atoms with Crippen LogP contribution in [0.1, 0.15) is 31.8 Å². The van der Waals surface area contributed by atoms with E-state index in [9.17, 15) is 26.4 Å². The summed E-state index contributed by atoms with van der Waals surface area (Å²) < 4.78 is 55.8. The van der Waals surface area contributed by atoms with Crippen LogP contribution in [-0.2, 0) is 24.4 Å². The molecule has 0 bridgehead atoms. The first-order valence-corrected chi connectivity index (χ1v) is 17.0. The minimum absolute atomic E-state index is 0.0300. The van der Waals surface area contributed by atoms with Crippen LogP contribution in [0, 0.1) is 13.8 Å². The number of nitrogens with two attached hydrogens (primary N) is 2. The highest BCUT2D eigenvalue weighted by Crippen LogP contribution is 2.35. The molecule has 0 radical (unpaired) electrons. The van der Waals surface area contributed by atoms with Gasteiger partial charge in [0.2, 0.25) is 0 Å². The molecule has 44 heavy (non-hydrogen) atoms. The molecule has 0 saturated carbocycles. The Bertz CT molecular complexity index is 1980. The van der Waals surface area contributed by atoms with E-state index in [2.05, 4.69) is 4.99 Å². The van der Waals surface area contributed by atoms with Crippen LogP contribution in [0.15, 0.2) is 76.0 Å². The van der Waals surface area contributed by atoms with Gasteiger partial charge >= 0.3 is 5.97 Å². The standard InChI is InChI=1S/C14H15ClN4O3S.C14H14ClNO4S/c1-8-9(13(20)18-14(16)17)7-10(23(2,21)22)11(15)12(8)19-5-3-4-6-19;1-9-10(14(17)20-2)8-11(21(3,18)19)12(15)13(9)16-6-4-5-7-16/h3-7H,1-2H3,(H4,16,17,18,20);4-8H,1-3H3. The predicted octanol–water partition coefficient (Wildman–Crippen LogP) is 3.89. The maximum Gasteiger partial charge on any atom is 0.338 e. The number of sulfone groups is 2. The van der Waals surface area contributed by atoms with Crippen LogP contribution < -0.4 is 11.5 Å². The molecule has 0 spiro atoms. The van der Waals surface area contributed by atoms with Gasteiger partial charge in [-0.25, -0.2) is 21.6 Å². The van der Waals surface area contributed by atoms with E-state index in [1.54, 1.807) is 72.0 Å². The molecule has 2 aromatic carbocycles. The summed E-state index contributed by atoms with van der Waals surface area (Å²) in [6, 6.07) is 9.50. The third kappa shape index (κ3) is 7.33. The molecule has 0 saturated heterocycles. The third-order valence-electron chi connectivity index (χ3n) is 6.31. The molecule has 1 amide bonds. The van der Waals surface area contributed by atoms with Crippen molar-refractivity contribution in [3.8, 4) is 11.4 Å². The largest absolute Gasteiger partial charge is 0.465 e. The SMILES string of the molecule is COC(=O)c1cc(S(C)(=O)=O)c(Cl)c(-n2cccc2)c1C.Cc1c(C(=O)N=C(N)N)cc(S(C)(=O)=O)c(Cl)c1-n1cccc1. The fourth-order valence-electron chi connectivity index (χ4n) is 4.27. The number of hydrogen-bond donors (Lipinski definition) is 2. The van der Waals surface area contributed by atoms with E-state index in [4.69, 9.17) is 39.4 Å². The number of rotatable bonds is 6. The molecule has 0 aliphatic rings. The van der Waals surface area contributed by atoms with Crippen molar-refractivity contribution in [2.45, 2.75) is 23.6 Å². The van der Waals surface area contributed by atoms with Crippen LogP contribution >= 0.6 is 23.2 Å². The number of carbonyl (C=O) groups excluding carboxylic acids is 2. The number of amides is 1. The van der Waals surface area contributed by atoms with Gasteiger partial charge in [-0.3, -0.25) is 4.79 Å². The molecule has 16 heteroatoms. The van der Waals surface area contributed by atoms with E-state index < -0.39 is 37.5 Å². The summed E-state index contributed by atoms with van der Waals surface area (Å²) in [7, 11) is -6.00. The van der Waals surface area contributed by atoms with Crippen LogP contribution in [0.25, 0.3) is 11.4 Å². The van der Waals surface area contributed by atoms with Gasteiger partial charge in [0, 0.05) is 42.9 Å². The zero-order valence-corrected chi connectivity index (χ0v) is 27.3. The van der Waals surface area contributed by atoms with E-state index in [1.807, 2.05) is 0 Å². The van der Waals surface area contributed by atoms with Crippen molar-refractivity contribution in [1.29, 1.82) is 0 Å². The summed E-state index contributed by atoms with van der Waals surface area (Å²) in [4.78, 5) is 27.3. The lowest BCUT2D eigenvalue weighted by atomic mass is 10.1. The van der Waals surface area contributed by atoms with Gasteiger partial charge in [0.25, 0.3) is 5.91 Å². The van der Waals surface area contributed by atoms with Gasteiger partial charge in [-0.1, -0.05) is 23.2 Å². The second-order valence-corrected chi connectivity index (χ2v) is 14.2. The van der Waals surface area contributed by atoms with E-state index >= 15 is 0 Å². The number of hydrogen-bond acceptors (Lipinski definition) is 7. The fraction of sp³-hybridized carbons (Fsp3) is 0.179. The second-order valence-electron chi connectivity index (χ2n) is 9.48. The Morgan fingerprint density at radius 2 is 1.11 bits per heavy atom. The normalized spacial score (nSPS) is 11.3. The minimum Gasteiger partial charge on any atom is -0.465 e. The van der Waals surface area contributed by atoms with Gasteiger partial charge < -0.3 is 25.3 Å². The molecule has 12 nitrogen and oxygen atoms in total. The molecular weight excluding hydrogens is 653 g/mol. The molecule has 4 N–H and O–H groups in total. The zero-order chi connectivity index (χ0) is 33.1. The van der Waals surface area contributed by atoms with E-state index in [1.165, 1.54) is 19.2 Å². The Balaban J connectivity index is 0.000000241. The van der Waals surface area contributed by atoms with Crippen LogP contribution in [-0.4, -0.2) is 63.4 Å². The Morgan fingerprint density at radius 1 is 0.750 bits per heavy atom. The summed E-state index contributed by atoms with van der Waals surface area (Å²) in [6.45, 7) is 3.34. The number of benzene rings is 2. The highest BCUT2D eigenvalue weighted by Gasteiger charge is 2.25. The molecule has 0 atom stereocenters. The van der Waals surface area contributed by atoms with Crippen molar-refractivity contribution < 1.29 is 31.2 Å². The highest BCUT2D eigenvalue weighted by molar-refractivity contribution is 7.91. The number of nitrogens with zero attached hydrogens (tertiary/aromatic N) is 3. The van der Waals surface area contributed by atoms with Gasteiger partial charge in [0.1, 0.15) is 0 Å². The third-order valence-corrected chi connectivity index (χ3v) is 9.54. The lowest BCUT2D eigenvalue weighted by Gasteiger charge is -2.16. The van der Waals surface area contributed by atoms with Crippen molar-refractivity contribution in [2.24, 2.45) is 16.5 Å². The molecule has 0 unspecified atom stereocenters. The molecular formula is C28H29Cl2N5O7S2. The number of aromatic nitrogens is 2.